The minimum Gasteiger partial charge on any atom is -0.208 e. The highest BCUT2D eigenvalue weighted by molar-refractivity contribution is 6.33. The topological polar surface area (TPSA) is 77.3 Å². The minimum atomic E-state index is 0.507. The van der Waals surface area contributed by atoms with Gasteiger partial charge in [0.15, 0.2) is 34.9 Å². The lowest BCUT2D eigenvalue weighted by atomic mass is 9.95. The zero-order chi connectivity index (χ0) is 37.0. The third kappa shape index (κ3) is 7.27. The third-order valence-corrected chi connectivity index (χ3v) is 9.59. The first-order valence-electron chi connectivity index (χ1n) is 17.9. The van der Waals surface area contributed by atoms with Crippen LogP contribution in [0.2, 0.25) is 5.02 Å². The molecule has 0 atom stereocenters. The summed E-state index contributed by atoms with van der Waals surface area (Å²) in [5, 5.41) is 0.572. The molecule has 0 spiro atoms. The SMILES string of the molecule is Clc1ccccc1-c1nc(-c2ccccc2)nc(-c2cc(-c3ccccc3)cc(-c3ccc(-c4nc(-c5ccccc5)nc(-c5ccccc5)n4)cc3)c2)n1. The third-order valence-electron chi connectivity index (χ3n) is 9.26. The highest BCUT2D eigenvalue weighted by Gasteiger charge is 2.17. The van der Waals surface area contributed by atoms with Crippen molar-refractivity contribution in [3.05, 3.63) is 193 Å². The Morgan fingerprint density at radius 3 is 0.964 bits per heavy atom. The van der Waals surface area contributed by atoms with Gasteiger partial charge in [-0.15, -0.1) is 0 Å². The van der Waals surface area contributed by atoms with Crippen LogP contribution in [0.15, 0.2) is 188 Å². The molecule has 7 aromatic carbocycles. The molecule has 7 heteroatoms. The summed E-state index contributed by atoms with van der Waals surface area (Å²) < 4.78 is 0. The predicted octanol–water partition coefficient (Wildman–Crippen LogP) is 12.0. The molecule has 0 fully saturated rings. The molecule has 0 radical (unpaired) electrons. The van der Waals surface area contributed by atoms with Gasteiger partial charge in [0.05, 0.1) is 5.02 Å². The lowest BCUT2D eigenvalue weighted by molar-refractivity contribution is 1.07. The van der Waals surface area contributed by atoms with Gasteiger partial charge in [-0.3, -0.25) is 0 Å². The summed E-state index contributed by atoms with van der Waals surface area (Å²) >= 11 is 6.69. The summed E-state index contributed by atoms with van der Waals surface area (Å²) in [7, 11) is 0. The Bertz CT molecular complexity index is 2690. The molecule has 2 aromatic heterocycles. The molecule has 0 aliphatic rings. The maximum Gasteiger partial charge on any atom is 0.165 e. The molecular weight excluding hydrogens is 696 g/mol. The molecule has 260 valence electrons. The van der Waals surface area contributed by atoms with Crippen LogP contribution in [0.3, 0.4) is 0 Å². The fourth-order valence-electron chi connectivity index (χ4n) is 6.45. The van der Waals surface area contributed by atoms with Gasteiger partial charge in [-0.25, -0.2) is 29.9 Å². The van der Waals surface area contributed by atoms with E-state index in [4.69, 9.17) is 41.5 Å². The summed E-state index contributed by atoms with van der Waals surface area (Å²) in [4.78, 5) is 29.6. The van der Waals surface area contributed by atoms with Gasteiger partial charge < -0.3 is 0 Å². The van der Waals surface area contributed by atoms with Gasteiger partial charge in [0.1, 0.15) is 0 Å². The standard InChI is InChI=1S/C48H31ClN6/c49-42-24-14-13-23-41(42)48-54-45(36-21-11-4-12-22-36)53-47(55-48)40-30-38(32-15-5-1-6-16-32)29-39(31-40)33-25-27-37(28-26-33)46-51-43(34-17-7-2-8-18-34)50-44(52-46)35-19-9-3-10-20-35/h1-31H. The van der Waals surface area contributed by atoms with Crippen LogP contribution in [-0.2, 0) is 0 Å². The number of nitrogens with zero attached hydrogens (tertiary/aromatic N) is 6. The summed E-state index contributed by atoms with van der Waals surface area (Å²) in [6.45, 7) is 0. The number of halogens is 1. The van der Waals surface area contributed by atoms with Crippen molar-refractivity contribution < 1.29 is 0 Å². The van der Waals surface area contributed by atoms with Crippen molar-refractivity contribution in [2.45, 2.75) is 0 Å². The van der Waals surface area contributed by atoms with Crippen molar-refractivity contribution in [2.24, 2.45) is 0 Å². The molecule has 2 heterocycles. The maximum absolute atomic E-state index is 6.69. The van der Waals surface area contributed by atoms with Crippen LogP contribution < -0.4 is 0 Å². The van der Waals surface area contributed by atoms with E-state index in [1.807, 2.05) is 133 Å². The van der Waals surface area contributed by atoms with Crippen LogP contribution in [-0.4, -0.2) is 29.9 Å². The van der Waals surface area contributed by atoms with Gasteiger partial charge in [0.2, 0.25) is 0 Å². The molecule has 0 saturated carbocycles. The second-order valence-corrected chi connectivity index (χ2v) is 13.3. The molecule has 55 heavy (non-hydrogen) atoms. The molecule has 0 unspecified atom stereocenters. The van der Waals surface area contributed by atoms with Gasteiger partial charge in [0, 0.05) is 33.4 Å². The fourth-order valence-corrected chi connectivity index (χ4v) is 6.67. The Hall–Kier alpha value is -7.15. The van der Waals surface area contributed by atoms with E-state index in [0.717, 1.165) is 55.6 Å². The van der Waals surface area contributed by atoms with Crippen molar-refractivity contribution in [2.75, 3.05) is 0 Å². The Morgan fingerprint density at radius 1 is 0.236 bits per heavy atom. The number of hydrogen-bond donors (Lipinski definition) is 0. The van der Waals surface area contributed by atoms with Crippen molar-refractivity contribution >= 4 is 11.6 Å². The quantitative estimate of drug-likeness (QED) is 0.155. The average Bonchev–Trinajstić information content (AvgIpc) is 3.27. The first-order valence-corrected chi connectivity index (χ1v) is 18.3. The van der Waals surface area contributed by atoms with Crippen molar-refractivity contribution in [1.29, 1.82) is 0 Å². The van der Waals surface area contributed by atoms with E-state index in [1.54, 1.807) is 0 Å². The van der Waals surface area contributed by atoms with Gasteiger partial charge in [0.25, 0.3) is 0 Å². The van der Waals surface area contributed by atoms with Crippen molar-refractivity contribution in [3.63, 3.8) is 0 Å². The second-order valence-electron chi connectivity index (χ2n) is 12.9. The first kappa shape index (κ1) is 33.7. The smallest absolute Gasteiger partial charge is 0.165 e. The fraction of sp³-hybridized carbons (Fsp3) is 0. The highest BCUT2D eigenvalue weighted by atomic mass is 35.5. The van der Waals surface area contributed by atoms with Gasteiger partial charge in [-0.05, 0) is 52.6 Å². The van der Waals surface area contributed by atoms with Crippen LogP contribution in [0.1, 0.15) is 0 Å². The number of benzene rings is 7. The van der Waals surface area contributed by atoms with Crippen molar-refractivity contribution in [3.8, 4) is 90.6 Å². The normalized spacial score (nSPS) is 11.0. The molecule has 0 amide bonds. The van der Waals surface area contributed by atoms with Crippen LogP contribution >= 0.6 is 11.6 Å². The number of aromatic nitrogens is 6. The van der Waals surface area contributed by atoms with E-state index in [0.29, 0.717) is 40.0 Å². The Kier molecular flexibility index (Phi) is 9.22. The zero-order valence-corrected chi connectivity index (χ0v) is 30.2. The van der Waals surface area contributed by atoms with Gasteiger partial charge in [-0.1, -0.05) is 169 Å². The van der Waals surface area contributed by atoms with Gasteiger partial charge in [-0.2, -0.15) is 0 Å². The van der Waals surface area contributed by atoms with E-state index in [9.17, 15) is 0 Å². The Labute approximate surface area is 324 Å². The predicted molar refractivity (Wildman–Crippen MR) is 222 cm³/mol. The molecule has 9 aromatic rings. The van der Waals surface area contributed by atoms with Crippen LogP contribution in [0, 0.1) is 0 Å². The molecule has 0 aliphatic carbocycles. The van der Waals surface area contributed by atoms with Crippen molar-refractivity contribution in [1.82, 2.24) is 29.9 Å². The summed E-state index contributed by atoms with van der Waals surface area (Å²) in [6, 6.07) is 62.7. The van der Waals surface area contributed by atoms with E-state index < -0.39 is 0 Å². The number of hydrogen-bond acceptors (Lipinski definition) is 6. The lowest BCUT2D eigenvalue weighted by Gasteiger charge is -2.13. The van der Waals surface area contributed by atoms with Gasteiger partial charge >= 0.3 is 0 Å². The summed E-state index contributed by atoms with van der Waals surface area (Å²) in [6.07, 6.45) is 0. The Balaban J connectivity index is 1.16. The minimum absolute atomic E-state index is 0.507. The first-order chi connectivity index (χ1) is 27.1. The van der Waals surface area contributed by atoms with E-state index in [-0.39, 0.29) is 0 Å². The van der Waals surface area contributed by atoms with E-state index in [1.165, 1.54) is 0 Å². The van der Waals surface area contributed by atoms with Crippen LogP contribution in [0.5, 0.6) is 0 Å². The summed E-state index contributed by atoms with van der Waals surface area (Å²) in [5.74, 6) is 3.47. The maximum atomic E-state index is 6.69. The lowest BCUT2D eigenvalue weighted by Crippen LogP contribution is -2.01. The monoisotopic (exact) mass is 726 g/mol. The Morgan fingerprint density at radius 2 is 0.527 bits per heavy atom. The summed E-state index contributed by atoms with van der Waals surface area (Å²) in [5.41, 5.74) is 9.37. The van der Waals surface area contributed by atoms with E-state index >= 15 is 0 Å². The highest BCUT2D eigenvalue weighted by Crippen LogP contribution is 2.35. The van der Waals surface area contributed by atoms with Crippen LogP contribution in [0.4, 0.5) is 0 Å². The largest absolute Gasteiger partial charge is 0.208 e. The van der Waals surface area contributed by atoms with Crippen LogP contribution in [0.25, 0.3) is 90.6 Å². The molecule has 9 rings (SSSR count). The molecule has 0 bridgehead atoms. The average molecular weight is 727 g/mol. The molecule has 0 N–H and O–H groups in total. The number of rotatable bonds is 8. The molecule has 6 nitrogen and oxygen atoms in total. The zero-order valence-electron chi connectivity index (χ0n) is 29.5. The molecule has 0 saturated heterocycles. The second kappa shape index (κ2) is 15.1. The molecular formula is C48H31ClN6. The molecule has 0 aliphatic heterocycles. The van der Waals surface area contributed by atoms with E-state index in [2.05, 4.69) is 54.6 Å².